The Bertz CT molecular complexity index is 851. The molecule has 2 aromatic carbocycles. The molecule has 136 valence electrons. The fraction of sp³-hybridized carbons (Fsp3) is 0.381. The Morgan fingerprint density at radius 1 is 1.08 bits per heavy atom. The summed E-state index contributed by atoms with van der Waals surface area (Å²) in [4.78, 5) is 9.19. The van der Waals surface area contributed by atoms with Crippen molar-refractivity contribution in [2.45, 2.75) is 13.0 Å². The maximum Gasteiger partial charge on any atom is 0.182 e. The molecule has 0 radical (unpaired) electrons. The number of nitrogens with zero attached hydrogens (tertiary/aromatic N) is 3. The number of aliphatic hydroxyl groups is 1. The summed E-state index contributed by atoms with van der Waals surface area (Å²) in [5.41, 5.74) is 5.33. The number of aliphatic hydroxyl groups excluding tert-OH is 1. The van der Waals surface area contributed by atoms with E-state index in [1.165, 1.54) is 12.0 Å². The van der Waals surface area contributed by atoms with Gasteiger partial charge in [-0.05, 0) is 24.1 Å². The molecule has 0 amide bonds. The molecule has 0 saturated carbocycles. The van der Waals surface area contributed by atoms with Gasteiger partial charge >= 0.3 is 0 Å². The number of β-amino-alcohol motifs (C(OH)–C–C–N with tert-alkyl or cyclic N) is 1. The van der Waals surface area contributed by atoms with Gasteiger partial charge in [0.2, 0.25) is 0 Å². The van der Waals surface area contributed by atoms with Crippen LogP contribution in [0, 0.1) is 0 Å². The van der Waals surface area contributed by atoms with Crippen molar-refractivity contribution in [2.24, 2.45) is 0 Å². The van der Waals surface area contributed by atoms with Gasteiger partial charge in [-0.3, -0.25) is 9.80 Å². The molecule has 0 spiro atoms. The maximum atomic E-state index is 9.08. The molecule has 4 rings (SSSR count). The van der Waals surface area contributed by atoms with Crippen molar-refractivity contribution in [1.82, 2.24) is 14.8 Å². The zero-order valence-corrected chi connectivity index (χ0v) is 15.1. The third kappa shape index (κ3) is 3.38. The predicted molar refractivity (Wildman–Crippen MR) is 103 cm³/mol. The molecule has 1 aliphatic heterocycles. The van der Waals surface area contributed by atoms with E-state index in [0.717, 1.165) is 55.0 Å². The van der Waals surface area contributed by atoms with E-state index in [-0.39, 0.29) is 6.61 Å². The molecule has 5 nitrogen and oxygen atoms in total. The Morgan fingerprint density at radius 3 is 2.58 bits per heavy atom. The van der Waals surface area contributed by atoms with Gasteiger partial charge in [0.05, 0.1) is 6.61 Å². The Morgan fingerprint density at radius 2 is 1.85 bits per heavy atom. The standard InChI is InChI=1S/C21H25N3O2/c1-16(24-11-9-23(10-12-24)13-14-25)17-5-7-18(8-6-17)19-3-2-4-20-21(19)22-15-26-20/h2-8,15-16,25H,9-14H2,1H3. The number of benzene rings is 2. The van der Waals surface area contributed by atoms with Crippen LogP contribution in [0.1, 0.15) is 18.5 Å². The molecule has 1 unspecified atom stereocenters. The van der Waals surface area contributed by atoms with Crippen molar-refractivity contribution >= 4 is 11.1 Å². The molecule has 1 aromatic heterocycles. The van der Waals surface area contributed by atoms with E-state index in [9.17, 15) is 0 Å². The monoisotopic (exact) mass is 351 g/mol. The molecule has 1 N–H and O–H groups in total. The van der Waals surface area contributed by atoms with Crippen LogP contribution in [0.2, 0.25) is 0 Å². The molecule has 0 aliphatic carbocycles. The van der Waals surface area contributed by atoms with Gasteiger partial charge < -0.3 is 9.52 Å². The number of para-hydroxylation sites is 1. The summed E-state index contributed by atoms with van der Waals surface area (Å²) in [5.74, 6) is 0. The first-order valence-electron chi connectivity index (χ1n) is 9.26. The van der Waals surface area contributed by atoms with E-state index in [2.05, 4.69) is 52.0 Å². The Kier molecular flexibility index (Phi) is 5.02. The SMILES string of the molecule is CC(c1ccc(-c2cccc3ocnc23)cc1)N1CCN(CCO)CC1. The topological polar surface area (TPSA) is 52.7 Å². The number of hydrogen-bond donors (Lipinski definition) is 1. The fourth-order valence-electron chi connectivity index (χ4n) is 3.79. The first kappa shape index (κ1) is 17.2. The second-order valence-electron chi connectivity index (χ2n) is 6.90. The largest absolute Gasteiger partial charge is 0.443 e. The molecule has 3 aromatic rings. The van der Waals surface area contributed by atoms with Crippen LogP contribution in [0.4, 0.5) is 0 Å². The maximum absolute atomic E-state index is 9.08. The van der Waals surface area contributed by atoms with Crippen LogP contribution < -0.4 is 0 Å². The van der Waals surface area contributed by atoms with E-state index >= 15 is 0 Å². The highest BCUT2D eigenvalue weighted by molar-refractivity contribution is 5.90. The molecule has 5 heteroatoms. The molecular weight excluding hydrogens is 326 g/mol. The van der Waals surface area contributed by atoms with Crippen molar-refractivity contribution in [3.8, 4) is 11.1 Å². The number of piperazine rings is 1. The minimum atomic E-state index is 0.245. The summed E-state index contributed by atoms with van der Waals surface area (Å²) in [6, 6.07) is 15.2. The Labute approximate surface area is 153 Å². The second-order valence-corrected chi connectivity index (χ2v) is 6.90. The summed E-state index contributed by atoms with van der Waals surface area (Å²) in [5, 5.41) is 9.08. The molecule has 1 saturated heterocycles. The fourth-order valence-corrected chi connectivity index (χ4v) is 3.79. The van der Waals surface area contributed by atoms with Crippen LogP contribution in [0.3, 0.4) is 0 Å². The van der Waals surface area contributed by atoms with Gasteiger partial charge in [0.1, 0.15) is 5.52 Å². The molecule has 2 heterocycles. The summed E-state index contributed by atoms with van der Waals surface area (Å²) >= 11 is 0. The summed E-state index contributed by atoms with van der Waals surface area (Å²) in [6.07, 6.45) is 1.50. The zero-order chi connectivity index (χ0) is 17.9. The Balaban J connectivity index is 1.48. The van der Waals surface area contributed by atoms with Gasteiger partial charge in [-0.1, -0.05) is 36.4 Å². The molecule has 1 fully saturated rings. The van der Waals surface area contributed by atoms with Crippen LogP contribution >= 0.6 is 0 Å². The highest BCUT2D eigenvalue weighted by Gasteiger charge is 2.21. The van der Waals surface area contributed by atoms with Crippen molar-refractivity contribution in [3.63, 3.8) is 0 Å². The molecular formula is C21H25N3O2. The van der Waals surface area contributed by atoms with Gasteiger partial charge in [0, 0.05) is 44.3 Å². The zero-order valence-electron chi connectivity index (χ0n) is 15.1. The van der Waals surface area contributed by atoms with Crippen molar-refractivity contribution in [2.75, 3.05) is 39.3 Å². The van der Waals surface area contributed by atoms with E-state index in [1.54, 1.807) is 0 Å². The van der Waals surface area contributed by atoms with Crippen LogP contribution in [0.15, 0.2) is 53.3 Å². The van der Waals surface area contributed by atoms with Gasteiger partial charge in [-0.15, -0.1) is 0 Å². The van der Waals surface area contributed by atoms with E-state index in [1.807, 2.05) is 12.1 Å². The number of rotatable bonds is 5. The number of fused-ring (bicyclic) bond motifs is 1. The van der Waals surface area contributed by atoms with Crippen LogP contribution in [0.25, 0.3) is 22.2 Å². The third-order valence-corrected chi connectivity index (χ3v) is 5.44. The van der Waals surface area contributed by atoms with Crippen molar-refractivity contribution in [1.29, 1.82) is 0 Å². The van der Waals surface area contributed by atoms with E-state index < -0.39 is 0 Å². The lowest BCUT2D eigenvalue weighted by molar-refractivity contribution is 0.0888. The number of oxazole rings is 1. The number of aromatic nitrogens is 1. The first-order chi connectivity index (χ1) is 12.8. The second kappa shape index (κ2) is 7.58. The predicted octanol–water partition coefficient (Wildman–Crippen LogP) is 3.17. The summed E-state index contributed by atoms with van der Waals surface area (Å²) < 4.78 is 5.41. The first-order valence-corrected chi connectivity index (χ1v) is 9.26. The Hall–Kier alpha value is -2.21. The van der Waals surface area contributed by atoms with Gasteiger partial charge in [0.25, 0.3) is 0 Å². The van der Waals surface area contributed by atoms with Crippen LogP contribution in [-0.2, 0) is 0 Å². The van der Waals surface area contributed by atoms with Gasteiger partial charge in [-0.2, -0.15) is 0 Å². The van der Waals surface area contributed by atoms with Gasteiger partial charge in [0.15, 0.2) is 12.0 Å². The minimum absolute atomic E-state index is 0.245. The molecule has 0 bridgehead atoms. The quantitative estimate of drug-likeness (QED) is 0.765. The summed E-state index contributed by atoms with van der Waals surface area (Å²) in [7, 11) is 0. The van der Waals surface area contributed by atoms with Crippen molar-refractivity contribution in [3.05, 3.63) is 54.4 Å². The third-order valence-electron chi connectivity index (χ3n) is 5.44. The van der Waals surface area contributed by atoms with E-state index in [0.29, 0.717) is 6.04 Å². The molecule has 1 aliphatic rings. The lowest BCUT2D eigenvalue weighted by Crippen LogP contribution is -2.47. The van der Waals surface area contributed by atoms with Crippen molar-refractivity contribution < 1.29 is 9.52 Å². The van der Waals surface area contributed by atoms with Gasteiger partial charge in [-0.25, -0.2) is 4.98 Å². The lowest BCUT2D eigenvalue weighted by Gasteiger charge is -2.38. The normalized spacial score (nSPS) is 17.6. The smallest absolute Gasteiger partial charge is 0.182 e. The highest BCUT2D eigenvalue weighted by atomic mass is 16.3. The van der Waals surface area contributed by atoms with Crippen LogP contribution in [-0.4, -0.2) is 59.2 Å². The highest BCUT2D eigenvalue weighted by Crippen LogP contribution is 2.29. The minimum Gasteiger partial charge on any atom is -0.443 e. The molecule has 26 heavy (non-hydrogen) atoms. The number of hydrogen-bond acceptors (Lipinski definition) is 5. The van der Waals surface area contributed by atoms with Crippen LogP contribution in [0.5, 0.6) is 0 Å². The van der Waals surface area contributed by atoms with E-state index in [4.69, 9.17) is 9.52 Å². The average Bonchev–Trinajstić information content (AvgIpc) is 3.17. The molecule has 1 atom stereocenters. The summed E-state index contributed by atoms with van der Waals surface area (Å²) in [6.45, 7) is 7.44. The average molecular weight is 351 g/mol. The lowest BCUT2D eigenvalue weighted by atomic mass is 9.99.